The highest BCUT2D eigenvalue weighted by molar-refractivity contribution is 7.14. The summed E-state index contributed by atoms with van der Waals surface area (Å²) in [6.45, 7) is 5.08. The van der Waals surface area contributed by atoms with Crippen molar-refractivity contribution in [2.24, 2.45) is 5.92 Å². The molecule has 2 unspecified atom stereocenters. The lowest BCUT2D eigenvalue weighted by atomic mass is 9.84. The first kappa shape index (κ1) is 14.5. The molecule has 1 aromatic rings. The van der Waals surface area contributed by atoms with Crippen molar-refractivity contribution < 1.29 is 9.90 Å². The Kier molecular flexibility index (Phi) is 4.99. The van der Waals surface area contributed by atoms with Crippen molar-refractivity contribution in [3.8, 4) is 0 Å². The first-order valence-electron chi connectivity index (χ1n) is 7.16. The normalized spacial score (nSPS) is 23.5. The molecule has 106 valence electrons. The van der Waals surface area contributed by atoms with Crippen molar-refractivity contribution >= 4 is 17.3 Å². The van der Waals surface area contributed by atoms with Gasteiger partial charge in [-0.1, -0.05) is 26.2 Å². The second kappa shape index (κ2) is 6.53. The fourth-order valence-corrected chi connectivity index (χ4v) is 3.78. The van der Waals surface area contributed by atoms with Crippen LogP contribution in [-0.4, -0.2) is 17.1 Å². The topological polar surface area (TPSA) is 49.3 Å². The van der Waals surface area contributed by atoms with Crippen LogP contribution in [0.25, 0.3) is 0 Å². The van der Waals surface area contributed by atoms with Crippen LogP contribution in [0.2, 0.25) is 0 Å². The number of thiophene rings is 1. The molecule has 0 aliphatic heterocycles. The number of hydrogen-bond acceptors (Lipinski definition) is 3. The lowest BCUT2D eigenvalue weighted by molar-refractivity contribution is 0.0702. The Balaban J connectivity index is 1.89. The molecule has 2 atom stereocenters. The van der Waals surface area contributed by atoms with E-state index in [0.29, 0.717) is 10.9 Å². The SMILES string of the molecule is CCC1CCCC(NCc2cc(C(=O)O)sc2C)C1. The van der Waals surface area contributed by atoms with Gasteiger partial charge in [0.25, 0.3) is 0 Å². The molecule has 0 saturated heterocycles. The van der Waals surface area contributed by atoms with Crippen LogP contribution < -0.4 is 5.32 Å². The van der Waals surface area contributed by atoms with Crippen molar-refractivity contribution in [3.05, 3.63) is 21.4 Å². The van der Waals surface area contributed by atoms with Gasteiger partial charge in [0.2, 0.25) is 0 Å². The highest BCUT2D eigenvalue weighted by atomic mass is 32.1. The largest absolute Gasteiger partial charge is 0.477 e. The second-order valence-electron chi connectivity index (χ2n) is 5.52. The van der Waals surface area contributed by atoms with Gasteiger partial charge >= 0.3 is 5.97 Å². The maximum absolute atomic E-state index is 10.9. The lowest BCUT2D eigenvalue weighted by Crippen LogP contribution is -2.33. The fraction of sp³-hybridized carbons (Fsp3) is 0.667. The summed E-state index contributed by atoms with van der Waals surface area (Å²) in [5.41, 5.74) is 1.14. The number of carboxylic acid groups (broad SMARTS) is 1. The van der Waals surface area contributed by atoms with Gasteiger partial charge in [0.1, 0.15) is 4.88 Å². The molecule has 4 heteroatoms. The van der Waals surface area contributed by atoms with Gasteiger partial charge < -0.3 is 10.4 Å². The van der Waals surface area contributed by atoms with Gasteiger partial charge in [0.05, 0.1) is 0 Å². The molecule has 0 spiro atoms. The Morgan fingerprint density at radius 2 is 2.32 bits per heavy atom. The van der Waals surface area contributed by atoms with Gasteiger partial charge in [-0.2, -0.15) is 0 Å². The molecule has 2 N–H and O–H groups in total. The molecular formula is C15H23NO2S. The molecule has 0 aromatic carbocycles. The maximum atomic E-state index is 10.9. The number of aryl methyl sites for hydroxylation is 1. The summed E-state index contributed by atoms with van der Waals surface area (Å²) in [4.78, 5) is 12.5. The van der Waals surface area contributed by atoms with E-state index in [2.05, 4.69) is 12.2 Å². The van der Waals surface area contributed by atoms with Crippen molar-refractivity contribution in [2.45, 2.75) is 58.5 Å². The summed E-state index contributed by atoms with van der Waals surface area (Å²) >= 11 is 1.37. The van der Waals surface area contributed by atoms with Crippen molar-refractivity contribution in [1.29, 1.82) is 0 Å². The van der Waals surface area contributed by atoms with Gasteiger partial charge in [-0.15, -0.1) is 11.3 Å². The maximum Gasteiger partial charge on any atom is 0.345 e. The van der Waals surface area contributed by atoms with Crippen molar-refractivity contribution in [1.82, 2.24) is 5.32 Å². The summed E-state index contributed by atoms with van der Waals surface area (Å²) < 4.78 is 0. The molecular weight excluding hydrogens is 258 g/mol. The Morgan fingerprint density at radius 3 is 2.95 bits per heavy atom. The Bertz CT molecular complexity index is 441. The lowest BCUT2D eigenvalue weighted by Gasteiger charge is -2.29. The van der Waals surface area contributed by atoms with Gasteiger partial charge in [-0.25, -0.2) is 4.79 Å². The molecule has 1 aliphatic carbocycles. The highest BCUT2D eigenvalue weighted by Crippen LogP contribution is 2.27. The van der Waals surface area contributed by atoms with E-state index in [9.17, 15) is 4.79 Å². The van der Waals surface area contributed by atoms with Crippen LogP contribution in [0.15, 0.2) is 6.07 Å². The molecule has 0 radical (unpaired) electrons. The van der Waals surface area contributed by atoms with Crippen LogP contribution in [-0.2, 0) is 6.54 Å². The zero-order valence-electron chi connectivity index (χ0n) is 11.7. The minimum atomic E-state index is -0.817. The van der Waals surface area contributed by atoms with Crippen LogP contribution in [0.3, 0.4) is 0 Å². The standard InChI is InChI=1S/C15H23NO2S/c1-3-11-5-4-6-13(7-11)16-9-12-8-14(15(17)18)19-10(12)2/h8,11,13,16H,3-7,9H2,1-2H3,(H,17,18). The van der Waals surface area contributed by atoms with E-state index in [1.807, 2.05) is 13.0 Å². The summed E-state index contributed by atoms with van der Waals surface area (Å²) in [5, 5.41) is 12.6. The van der Waals surface area contributed by atoms with Crippen LogP contribution in [0.1, 0.15) is 59.1 Å². The Morgan fingerprint density at radius 1 is 1.53 bits per heavy atom. The predicted molar refractivity (Wildman–Crippen MR) is 78.9 cm³/mol. The highest BCUT2D eigenvalue weighted by Gasteiger charge is 2.20. The second-order valence-corrected chi connectivity index (χ2v) is 6.77. The minimum Gasteiger partial charge on any atom is -0.477 e. The molecule has 1 aromatic heterocycles. The average molecular weight is 281 g/mol. The zero-order chi connectivity index (χ0) is 13.8. The summed E-state index contributed by atoms with van der Waals surface area (Å²) in [6, 6.07) is 2.42. The van der Waals surface area contributed by atoms with E-state index in [0.717, 1.165) is 22.9 Å². The third-order valence-electron chi connectivity index (χ3n) is 4.17. The Hall–Kier alpha value is -0.870. The number of hydrogen-bond donors (Lipinski definition) is 2. The number of rotatable bonds is 5. The molecule has 19 heavy (non-hydrogen) atoms. The molecule has 1 fully saturated rings. The summed E-state index contributed by atoms with van der Waals surface area (Å²) in [5.74, 6) is 0.0486. The molecule has 3 nitrogen and oxygen atoms in total. The number of carbonyl (C=O) groups is 1. The minimum absolute atomic E-state index is 0.448. The summed E-state index contributed by atoms with van der Waals surface area (Å²) in [7, 11) is 0. The molecule has 1 saturated carbocycles. The number of aromatic carboxylic acids is 1. The van der Waals surface area contributed by atoms with E-state index >= 15 is 0 Å². The zero-order valence-corrected chi connectivity index (χ0v) is 12.6. The van der Waals surface area contributed by atoms with Crippen LogP contribution in [0.4, 0.5) is 0 Å². The first-order chi connectivity index (χ1) is 9.10. The number of nitrogens with one attached hydrogen (secondary N) is 1. The summed E-state index contributed by atoms with van der Waals surface area (Å²) in [6.07, 6.45) is 6.49. The van der Waals surface area contributed by atoms with Crippen molar-refractivity contribution in [2.75, 3.05) is 0 Å². The molecule has 1 aliphatic rings. The molecule has 1 heterocycles. The smallest absolute Gasteiger partial charge is 0.345 e. The first-order valence-corrected chi connectivity index (χ1v) is 7.97. The van der Waals surface area contributed by atoms with Crippen LogP contribution >= 0.6 is 11.3 Å². The molecule has 0 bridgehead atoms. The third-order valence-corrected chi connectivity index (χ3v) is 5.25. The molecule has 2 rings (SSSR count). The Labute approximate surface area is 119 Å². The van der Waals surface area contributed by atoms with Crippen molar-refractivity contribution in [3.63, 3.8) is 0 Å². The third kappa shape index (κ3) is 3.80. The predicted octanol–water partition coefficient (Wildman–Crippen LogP) is 3.81. The van der Waals surface area contributed by atoms with Gasteiger partial charge in [-0.3, -0.25) is 0 Å². The van der Waals surface area contributed by atoms with Crippen LogP contribution in [0, 0.1) is 12.8 Å². The quantitative estimate of drug-likeness (QED) is 0.862. The van der Waals surface area contributed by atoms with Gasteiger partial charge in [-0.05, 0) is 37.3 Å². The van der Waals surface area contributed by atoms with Gasteiger partial charge in [0.15, 0.2) is 0 Å². The van der Waals surface area contributed by atoms with E-state index in [-0.39, 0.29) is 0 Å². The number of carboxylic acids is 1. The van der Waals surface area contributed by atoms with E-state index in [1.165, 1.54) is 43.4 Å². The van der Waals surface area contributed by atoms with E-state index < -0.39 is 5.97 Å². The fourth-order valence-electron chi connectivity index (χ4n) is 2.90. The van der Waals surface area contributed by atoms with Crippen LogP contribution in [0.5, 0.6) is 0 Å². The van der Waals surface area contributed by atoms with E-state index in [1.54, 1.807) is 0 Å². The average Bonchev–Trinajstić information content (AvgIpc) is 2.78. The van der Waals surface area contributed by atoms with E-state index in [4.69, 9.17) is 5.11 Å². The van der Waals surface area contributed by atoms with Gasteiger partial charge in [0, 0.05) is 17.5 Å². The monoisotopic (exact) mass is 281 g/mol. The molecule has 0 amide bonds.